The largest absolute Gasteiger partial charge is 0.487 e. The first-order valence-electron chi connectivity index (χ1n) is 5.77. The molecule has 2 rings (SSSR count). The number of rotatable bonds is 2. The van der Waals surface area contributed by atoms with E-state index in [1.807, 2.05) is 12.1 Å². The minimum atomic E-state index is 0.144. The SMILES string of the molecule is CC1CCNCC1Oc1cc(Br)ccc1C#N. The molecule has 0 saturated carbocycles. The monoisotopic (exact) mass is 294 g/mol. The molecule has 2 atom stereocenters. The predicted molar refractivity (Wildman–Crippen MR) is 69.9 cm³/mol. The average molecular weight is 295 g/mol. The number of ether oxygens (including phenoxy) is 1. The summed E-state index contributed by atoms with van der Waals surface area (Å²) in [5.41, 5.74) is 0.589. The first-order valence-corrected chi connectivity index (χ1v) is 6.57. The summed E-state index contributed by atoms with van der Waals surface area (Å²) in [7, 11) is 0. The van der Waals surface area contributed by atoms with Gasteiger partial charge in [0.1, 0.15) is 17.9 Å². The number of halogens is 1. The van der Waals surface area contributed by atoms with Crippen molar-refractivity contribution in [1.82, 2.24) is 5.32 Å². The molecule has 1 saturated heterocycles. The van der Waals surface area contributed by atoms with Gasteiger partial charge in [0.05, 0.1) is 5.56 Å². The van der Waals surface area contributed by atoms with Gasteiger partial charge in [-0.25, -0.2) is 0 Å². The predicted octanol–water partition coefficient (Wildman–Crippen LogP) is 2.70. The Bertz CT molecular complexity index is 442. The number of hydrogen-bond donors (Lipinski definition) is 1. The lowest BCUT2D eigenvalue weighted by Crippen LogP contribution is -2.42. The lowest BCUT2D eigenvalue weighted by molar-refractivity contribution is 0.114. The smallest absolute Gasteiger partial charge is 0.138 e. The maximum absolute atomic E-state index is 9.04. The summed E-state index contributed by atoms with van der Waals surface area (Å²) in [5.74, 6) is 1.18. The van der Waals surface area contributed by atoms with Crippen LogP contribution in [0.4, 0.5) is 0 Å². The quantitative estimate of drug-likeness (QED) is 0.912. The fourth-order valence-corrected chi connectivity index (χ4v) is 2.31. The zero-order chi connectivity index (χ0) is 12.3. The Morgan fingerprint density at radius 3 is 3.06 bits per heavy atom. The van der Waals surface area contributed by atoms with Crippen molar-refractivity contribution >= 4 is 15.9 Å². The van der Waals surface area contributed by atoms with Crippen LogP contribution in [0.2, 0.25) is 0 Å². The third-order valence-electron chi connectivity index (χ3n) is 3.10. The molecule has 1 N–H and O–H groups in total. The van der Waals surface area contributed by atoms with Crippen LogP contribution >= 0.6 is 15.9 Å². The molecule has 90 valence electrons. The third-order valence-corrected chi connectivity index (χ3v) is 3.59. The first-order chi connectivity index (χ1) is 8.20. The summed E-state index contributed by atoms with van der Waals surface area (Å²) in [6, 6.07) is 7.66. The van der Waals surface area contributed by atoms with Gasteiger partial charge in [0.15, 0.2) is 0 Å². The van der Waals surface area contributed by atoms with Gasteiger partial charge in [-0.2, -0.15) is 5.26 Å². The van der Waals surface area contributed by atoms with Gasteiger partial charge in [-0.15, -0.1) is 0 Å². The molecule has 2 unspecified atom stereocenters. The number of nitrogens with one attached hydrogen (secondary N) is 1. The van der Waals surface area contributed by atoms with Crippen LogP contribution in [0, 0.1) is 17.2 Å². The van der Waals surface area contributed by atoms with Gasteiger partial charge in [0, 0.05) is 11.0 Å². The zero-order valence-electron chi connectivity index (χ0n) is 9.74. The van der Waals surface area contributed by atoms with Crippen LogP contribution in [-0.2, 0) is 0 Å². The molecule has 0 aromatic heterocycles. The van der Waals surface area contributed by atoms with Crippen molar-refractivity contribution in [2.24, 2.45) is 5.92 Å². The number of nitriles is 1. The molecule has 17 heavy (non-hydrogen) atoms. The highest BCUT2D eigenvalue weighted by Gasteiger charge is 2.23. The molecule has 1 aromatic carbocycles. The molecule has 4 heteroatoms. The fourth-order valence-electron chi connectivity index (χ4n) is 1.97. The van der Waals surface area contributed by atoms with E-state index < -0.39 is 0 Å². The Morgan fingerprint density at radius 1 is 1.53 bits per heavy atom. The summed E-state index contributed by atoms with van der Waals surface area (Å²) in [4.78, 5) is 0. The second-order valence-corrected chi connectivity index (χ2v) is 5.29. The zero-order valence-corrected chi connectivity index (χ0v) is 11.3. The van der Waals surface area contributed by atoms with Crippen LogP contribution in [0.1, 0.15) is 18.9 Å². The van der Waals surface area contributed by atoms with Gasteiger partial charge < -0.3 is 10.1 Å². The van der Waals surface area contributed by atoms with Crippen molar-refractivity contribution in [2.45, 2.75) is 19.4 Å². The van der Waals surface area contributed by atoms with E-state index in [2.05, 4.69) is 34.2 Å². The van der Waals surface area contributed by atoms with Crippen LogP contribution in [0.5, 0.6) is 5.75 Å². The number of benzene rings is 1. The maximum Gasteiger partial charge on any atom is 0.138 e. The normalized spacial score (nSPS) is 24.1. The van der Waals surface area contributed by atoms with Gasteiger partial charge in [0.25, 0.3) is 0 Å². The highest BCUT2D eigenvalue weighted by Crippen LogP contribution is 2.26. The van der Waals surface area contributed by atoms with Gasteiger partial charge in [0.2, 0.25) is 0 Å². The van der Waals surface area contributed by atoms with Crippen LogP contribution in [0.25, 0.3) is 0 Å². The molecule has 1 aliphatic heterocycles. The van der Waals surface area contributed by atoms with Gasteiger partial charge in [-0.3, -0.25) is 0 Å². The van der Waals surface area contributed by atoms with Crippen molar-refractivity contribution < 1.29 is 4.74 Å². The highest BCUT2D eigenvalue weighted by molar-refractivity contribution is 9.10. The van der Waals surface area contributed by atoms with Gasteiger partial charge >= 0.3 is 0 Å². The lowest BCUT2D eigenvalue weighted by atomic mass is 9.97. The first kappa shape index (κ1) is 12.4. The summed E-state index contributed by atoms with van der Waals surface area (Å²) >= 11 is 3.40. The highest BCUT2D eigenvalue weighted by atomic mass is 79.9. The molecule has 0 aliphatic carbocycles. The molecule has 0 spiro atoms. The second-order valence-electron chi connectivity index (χ2n) is 4.38. The minimum absolute atomic E-state index is 0.144. The lowest BCUT2D eigenvalue weighted by Gasteiger charge is -2.30. The molecule has 1 fully saturated rings. The summed E-state index contributed by atoms with van der Waals surface area (Å²) in [6.45, 7) is 4.08. The molecule has 0 radical (unpaired) electrons. The summed E-state index contributed by atoms with van der Waals surface area (Å²) < 4.78 is 6.89. The maximum atomic E-state index is 9.04. The van der Waals surface area contributed by atoms with Crippen molar-refractivity contribution in [1.29, 1.82) is 5.26 Å². The number of nitrogens with zero attached hydrogens (tertiary/aromatic N) is 1. The third kappa shape index (κ3) is 2.99. The topological polar surface area (TPSA) is 45.0 Å². The van der Waals surface area contributed by atoms with E-state index >= 15 is 0 Å². The van der Waals surface area contributed by atoms with E-state index in [1.54, 1.807) is 6.07 Å². The van der Waals surface area contributed by atoms with Crippen LogP contribution < -0.4 is 10.1 Å². The van der Waals surface area contributed by atoms with Crippen LogP contribution in [0.15, 0.2) is 22.7 Å². The van der Waals surface area contributed by atoms with E-state index in [-0.39, 0.29) is 6.10 Å². The Labute approximate surface area is 110 Å². The Kier molecular flexibility index (Phi) is 4.03. The standard InChI is InChI=1S/C13H15BrN2O/c1-9-4-5-16-8-13(9)17-12-6-11(14)3-2-10(12)7-15/h2-3,6,9,13,16H,4-5,8H2,1H3. The number of piperidine rings is 1. The molecular formula is C13H15BrN2O. The minimum Gasteiger partial charge on any atom is -0.487 e. The molecule has 1 heterocycles. The molecular weight excluding hydrogens is 280 g/mol. The van der Waals surface area contributed by atoms with E-state index in [1.165, 1.54) is 0 Å². The van der Waals surface area contributed by atoms with E-state index in [9.17, 15) is 0 Å². The van der Waals surface area contributed by atoms with Gasteiger partial charge in [-0.1, -0.05) is 22.9 Å². The molecule has 1 aliphatic rings. The summed E-state index contributed by atoms with van der Waals surface area (Å²) in [6.07, 6.45) is 1.26. The fraction of sp³-hybridized carbons (Fsp3) is 0.462. The summed E-state index contributed by atoms with van der Waals surface area (Å²) in [5, 5.41) is 12.4. The molecule has 1 aromatic rings. The van der Waals surface area contributed by atoms with Crippen molar-refractivity contribution in [3.8, 4) is 11.8 Å². The van der Waals surface area contributed by atoms with E-state index in [0.29, 0.717) is 17.2 Å². The van der Waals surface area contributed by atoms with E-state index in [0.717, 1.165) is 24.0 Å². The molecule has 0 bridgehead atoms. The Morgan fingerprint density at radius 2 is 2.35 bits per heavy atom. The van der Waals surface area contributed by atoms with E-state index in [4.69, 9.17) is 10.00 Å². The van der Waals surface area contributed by atoms with Crippen molar-refractivity contribution in [3.63, 3.8) is 0 Å². The average Bonchev–Trinajstić information content (AvgIpc) is 2.32. The van der Waals surface area contributed by atoms with Crippen LogP contribution in [0.3, 0.4) is 0 Å². The molecule has 0 amide bonds. The number of hydrogen-bond acceptors (Lipinski definition) is 3. The van der Waals surface area contributed by atoms with Crippen molar-refractivity contribution in [2.75, 3.05) is 13.1 Å². The van der Waals surface area contributed by atoms with Crippen molar-refractivity contribution in [3.05, 3.63) is 28.2 Å². The van der Waals surface area contributed by atoms with Crippen LogP contribution in [-0.4, -0.2) is 19.2 Å². The molecule has 3 nitrogen and oxygen atoms in total. The Balaban J connectivity index is 2.17. The second kappa shape index (κ2) is 5.52. The Hall–Kier alpha value is -1.05. The van der Waals surface area contributed by atoms with Gasteiger partial charge in [-0.05, 0) is 37.1 Å².